The number of sulfonamides is 1. The summed E-state index contributed by atoms with van der Waals surface area (Å²) < 4.78 is 27.8. The van der Waals surface area contributed by atoms with Crippen LogP contribution in [0.1, 0.15) is 29.8 Å². The second-order valence-electron chi connectivity index (χ2n) is 7.87. The number of nitrogens with one attached hydrogen (secondary N) is 1. The van der Waals surface area contributed by atoms with Crippen LogP contribution < -0.4 is 9.62 Å². The zero-order valence-electron chi connectivity index (χ0n) is 15.5. The van der Waals surface area contributed by atoms with E-state index in [1.165, 1.54) is 0 Å². The predicted octanol–water partition coefficient (Wildman–Crippen LogP) is 3.24. The first-order valence-electron chi connectivity index (χ1n) is 8.77. The summed E-state index contributed by atoms with van der Waals surface area (Å²) in [6.45, 7) is 7.43. The molecule has 2 aliphatic rings. The normalized spacial score (nSPS) is 18.0. The molecule has 2 heterocycles. The largest absolute Gasteiger partial charge is 0.322 e. The van der Waals surface area contributed by atoms with Crippen LogP contribution in [0, 0.1) is 12.3 Å². The number of benzene rings is 2. The Labute approximate surface area is 159 Å². The number of amidine groups is 1. The highest BCUT2D eigenvalue weighted by atomic mass is 32.2. The van der Waals surface area contributed by atoms with Crippen molar-refractivity contribution in [2.24, 2.45) is 10.4 Å². The van der Waals surface area contributed by atoms with E-state index in [9.17, 15) is 13.2 Å². The van der Waals surface area contributed by atoms with E-state index in [1.54, 1.807) is 42.5 Å². The van der Waals surface area contributed by atoms with Crippen LogP contribution in [0.25, 0.3) is 0 Å². The standard InChI is InChI=1S/C20H21N3O3S/c1-13-4-7-15(8-5-13)27(25,26)22-14-6-9-17-16(10-14)18(24)19-21-11-20(2,3)12-23(17)19/h4-10,22H,11-12H2,1-3H3. The minimum atomic E-state index is -3.71. The number of hydrogen-bond donors (Lipinski definition) is 1. The van der Waals surface area contributed by atoms with Crippen molar-refractivity contribution in [1.82, 2.24) is 0 Å². The molecule has 0 radical (unpaired) electrons. The lowest BCUT2D eigenvalue weighted by atomic mass is 9.91. The molecule has 2 aromatic rings. The van der Waals surface area contributed by atoms with Gasteiger partial charge in [0.15, 0.2) is 5.84 Å². The molecule has 0 saturated heterocycles. The van der Waals surface area contributed by atoms with Gasteiger partial charge in [0.25, 0.3) is 10.0 Å². The Morgan fingerprint density at radius 1 is 1.11 bits per heavy atom. The summed E-state index contributed by atoms with van der Waals surface area (Å²) in [5.41, 5.74) is 2.59. The van der Waals surface area contributed by atoms with Gasteiger partial charge in [0, 0.05) is 24.2 Å². The lowest BCUT2D eigenvalue weighted by Crippen LogP contribution is -2.44. The number of aliphatic imine (C=N–C) groups is 1. The molecule has 0 amide bonds. The maximum atomic E-state index is 12.7. The van der Waals surface area contributed by atoms with E-state index < -0.39 is 10.0 Å². The number of carbonyl (C=O) groups excluding carboxylic acids is 1. The SMILES string of the molecule is Cc1ccc(S(=O)(=O)Nc2ccc3c(c2)C(=O)C2=NCC(C)(C)CN23)cc1. The number of carbonyl (C=O) groups is 1. The number of fused-ring (bicyclic) bond motifs is 3. The predicted molar refractivity (Wildman–Crippen MR) is 106 cm³/mol. The number of anilines is 2. The van der Waals surface area contributed by atoms with E-state index in [4.69, 9.17) is 0 Å². The number of ketones is 1. The second kappa shape index (κ2) is 5.92. The molecule has 4 rings (SSSR count). The molecule has 0 aliphatic carbocycles. The maximum Gasteiger partial charge on any atom is 0.261 e. The van der Waals surface area contributed by atoms with Crippen LogP contribution in [0.4, 0.5) is 11.4 Å². The van der Waals surface area contributed by atoms with Crippen LogP contribution in [0.15, 0.2) is 52.4 Å². The third-order valence-corrected chi connectivity index (χ3v) is 6.21. The van der Waals surface area contributed by atoms with Gasteiger partial charge >= 0.3 is 0 Å². The van der Waals surface area contributed by atoms with Crippen LogP contribution in [-0.2, 0) is 10.0 Å². The Hall–Kier alpha value is -2.67. The lowest BCUT2D eigenvalue weighted by Gasteiger charge is -2.34. The van der Waals surface area contributed by atoms with E-state index in [0.717, 1.165) is 11.3 Å². The molecule has 27 heavy (non-hydrogen) atoms. The van der Waals surface area contributed by atoms with Gasteiger partial charge in [0.05, 0.1) is 16.1 Å². The van der Waals surface area contributed by atoms with Gasteiger partial charge in [-0.15, -0.1) is 0 Å². The van der Waals surface area contributed by atoms with Gasteiger partial charge in [0.2, 0.25) is 5.78 Å². The first-order valence-corrected chi connectivity index (χ1v) is 10.2. The van der Waals surface area contributed by atoms with Crippen LogP contribution >= 0.6 is 0 Å². The van der Waals surface area contributed by atoms with E-state index in [-0.39, 0.29) is 16.1 Å². The van der Waals surface area contributed by atoms with Gasteiger partial charge in [-0.05, 0) is 37.3 Å². The van der Waals surface area contributed by atoms with Gasteiger partial charge in [-0.2, -0.15) is 0 Å². The van der Waals surface area contributed by atoms with Gasteiger partial charge in [-0.1, -0.05) is 31.5 Å². The topological polar surface area (TPSA) is 78.8 Å². The summed E-state index contributed by atoms with van der Waals surface area (Å²) in [4.78, 5) is 19.3. The molecule has 0 aromatic heterocycles. The maximum absolute atomic E-state index is 12.7. The fourth-order valence-corrected chi connectivity index (χ4v) is 4.44. The quantitative estimate of drug-likeness (QED) is 0.883. The van der Waals surface area contributed by atoms with Crippen molar-refractivity contribution >= 4 is 33.0 Å². The molecule has 0 fully saturated rings. The summed E-state index contributed by atoms with van der Waals surface area (Å²) in [6, 6.07) is 11.7. The molecule has 140 valence electrons. The van der Waals surface area contributed by atoms with Crippen molar-refractivity contribution < 1.29 is 13.2 Å². The Kier molecular flexibility index (Phi) is 3.89. The highest BCUT2D eigenvalue weighted by Gasteiger charge is 2.40. The van der Waals surface area contributed by atoms with E-state index in [2.05, 4.69) is 23.6 Å². The highest BCUT2D eigenvalue weighted by Crippen LogP contribution is 2.37. The smallest absolute Gasteiger partial charge is 0.261 e. The van der Waals surface area contributed by atoms with Crippen molar-refractivity contribution in [1.29, 1.82) is 0 Å². The van der Waals surface area contributed by atoms with Crippen LogP contribution in [0.5, 0.6) is 0 Å². The summed E-state index contributed by atoms with van der Waals surface area (Å²) >= 11 is 0. The zero-order valence-corrected chi connectivity index (χ0v) is 16.3. The fraction of sp³-hybridized carbons (Fsp3) is 0.300. The van der Waals surface area contributed by atoms with Crippen molar-refractivity contribution in [3.05, 3.63) is 53.6 Å². The van der Waals surface area contributed by atoms with Crippen molar-refractivity contribution in [3.63, 3.8) is 0 Å². The number of nitrogens with zero attached hydrogens (tertiary/aromatic N) is 2. The summed E-state index contributed by atoms with van der Waals surface area (Å²) in [6.07, 6.45) is 0. The van der Waals surface area contributed by atoms with Gasteiger partial charge in [-0.25, -0.2) is 8.42 Å². The van der Waals surface area contributed by atoms with Gasteiger partial charge in [-0.3, -0.25) is 14.5 Å². The molecule has 2 aliphatic heterocycles. The first-order chi connectivity index (χ1) is 12.7. The summed E-state index contributed by atoms with van der Waals surface area (Å²) in [5, 5.41) is 0. The molecule has 0 unspecified atom stereocenters. The van der Waals surface area contributed by atoms with E-state index in [0.29, 0.717) is 30.2 Å². The van der Waals surface area contributed by atoms with Crippen LogP contribution in [0.2, 0.25) is 0 Å². The Bertz CT molecular complexity index is 1070. The van der Waals surface area contributed by atoms with Crippen molar-refractivity contribution in [2.75, 3.05) is 22.7 Å². The molecule has 0 spiro atoms. The molecule has 6 nitrogen and oxygen atoms in total. The Morgan fingerprint density at radius 3 is 2.52 bits per heavy atom. The van der Waals surface area contributed by atoms with Gasteiger partial charge in [0.1, 0.15) is 0 Å². The second-order valence-corrected chi connectivity index (χ2v) is 9.55. The lowest BCUT2D eigenvalue weighted by molar-refractivity contribution is 0.106. The number of aryl methyl sites for hydroxylation is 1. The van der Waals surface area contributed by atoms with Crippen LogP contribution in [0.3, 0.4) is 0 Å². The highest BCUT2D eigenvalue weighted by molar-refractivity contribution is 7.92. The molecule has 2 aromatic carbocycles. The molecule has 0 bridgehead atoms. The molecule has 0 saturated carbocycles. The Morgan fingerprint density at radius 2 is 1.81 bits per heavy atom. The summed E-state index contributed by atoms with van der Waals surface area (Å²) in [5.74, 6) is 0.291. The fourth-order valence-electron chi connectivity index (χ4n) is 3.39. The van der Waals surface area contributed by atoms with E-state index in [1.807, 2.05) is 11.8 Å². The molecular formula is C20H21N3O3S. The average Bonchev–Trinajstić information content (AvgIpc) is 2.85. The van der Waals surface area contributed by atoms with E-state index >= 15 is 0 Å². The number of rotatable bonds is 3. The van der Waals surface area contributed by atoms with Crippen LogP contribution in [-0.4, -0.2) is 33.1 Å². The number of Topliss-reactive ketones (excluding diaryl/α,β-unsaturated/α-hetero) is 1. The summed E-state index contributed by atoms with van der Waals surface area (Å²) in [7, 11) is -3.71. The molecule has 1 N–H and O–H groups in total. The minimum Gasteiger partial charge on any atom is -0.322 e. The third-order valence-electron chi connectivity index (χ3n) is 4.82. The monoisotopic (exact) mass is 383 g/mol. The molecule has 0 atom stereocenters. The average molecular weight is 383 g/mol. The third kappa shape index (κ3) is 3.12. The molecular weight excluding hydrogens is 362 g/mol. The zero-order chi connectivity index (χ0) is 19.4. The number of hydrogen-bond acceptors (Lipinski definition) is 5. The first kappa shape index (κ1) is 17.7. The van der Waals surface area contributed by atoms with Crippen molar-refractivity contribution in [3.8, 4) is 0 Å². The van der Waals surface area contributed by atoms with Gasteiger partial charge < -0.3 is 4.90 Å². The molecule has 7 heteroatoms. The Balaban J connectivity index is 1.66. The van der Waals surface area contributed by atoms with Crippen molar-refractivity contribution in [2.45, 2.75) is 25.7 Å². The minimum absolute atomic E-state index is 0.0168.